The van der Waals surface area contributed by atoms with E-state index in [1.165, 1.54) is 30.3 Å². The van der Waals surface area contributed by atoms with Crippen LogP contribution in [0.15, 0.2) is 53.4 Å². The third-order valence-electron chi connectivity index (χ3n) is 4.79. The molecule has 2 aromatic carbocycles. The molecular weight excluding hydrogens is 388 g/mol. The van der Waals surface area contributed by atoms with Gasteiger partial charge in [0, 0.05) is 29.7 Å². The van der Waals surface area contributed by atoms with Gasteiger partial charge in [0.1, 0.15) is 0 Å². The van der Waals surface area contributed by atoms with Gasteiger partial charge in [-0.05, 0) is 24.1 Å². The SMILES string of the molecule is CS(=O)(=O)c1ccc(C2(C(=O)c3ccccc3)C(=O)CCCC2=O)c(Cl)c1. The lowest BCUT2D eigenvalue weighted by Crippen LogP contribution is -2.53. The van der Waals surface area contributed by atoms with Gasteiger partial charge in [-0.15, -0.1) is 0 Å². The first-order chi connectivity index (χ1) is 12.7. The van der Waals surface area contributed by atoms with Crippen molar-refractivity contribution in [1.29, 1.82) is 0 Å². The van der Waals surface area contributed by atoms with Crippen LogP contribution in [0.25, 0.3) is 0 Å². The highest BCUT2D eigenvalue weighted by Gasteiger charge is 2.55. The lowest BCUT2D eigenvalue weighted by molar-refractivity contribution is -0.135. The van der Waals surface area contributed by atoms with Gasteiger partial charge in [-0.25, -0.2) is 8.42 Å². The molecule has 0 unspecified atom stereocenters. The van der Waals surface area contributed by atoms with E-state index in [-0.39, 0.29) is 33.9 Å². The van der Waals surface area contributed by atoms with E-state index in [4.69, 9.17) is 11.6 Å². The summed E-state index contributed by atoms with van der Waals surface area (Å²) in [4.78, 5) is 39.2. The van der Waals surface area contributed by atoms with E-state index in [1.54, 1.807) is 18.2 Å². The number of carbonyl (C=O) groups is 3. The van der Waals surface area contributed by atoms with Gasteiger partial charge >= 0.3 is 0 Å². The monoisotopic (exact) mass is 404 g/mol. The molecule has 140 valence electrons. The Morgan fingerprint density at radius 3 is 2.11 bits per heavy atom. The van der Waals surface area contributed by atoms with Gasteiger partial charge in [-0.3, -0.25) is 14.4 Å². The average molecular weight is 405 g/mol. The van der Waals surface area contributed by atoms with E-state index in [0.29, 0.717) is 6.42 Å². The van der Waals surface area contributed by atoms with Crippen LogP contribution in [-0.4, -0.2) is 32.0 Å². The molecule has 0 N–H and O–H groups in total. The summed E-state index contributed by atoms with van der Waals surface area (Å²) in [6.07, 6.45) is 1.56. The molecule has 1 fully saturated rings. The summed E-state index contributed by atoms with van der Waals surface area (Å²) < 4.78 is 23.6. The first-order valence-electron chi connectivity index (χ1n) is 8.35. The third kappa shape index (κ3) is 3.24. The molecule has 1 aliphatic carbocycles. The molecule has 0 heterocycles. The maximum atomic E-state index is 13.4. The van der Waals surface area contributed by atoms with Crippen LogP contribution >= 0.6 is 11.6 Å². The van der Waals surface area contributed by atoms with Gasteiger partial charge in [-0.2, -0.15) is 0 Å². The minimum absolute atomic E-state index is 0.0418. The second kappa shape index (κ2) is 7.02. The maximum absolute atomic E-state index is 13.4. The normalized spacial score (nSPS) is 17.0. The van der Waals surface area contributed by atoms with E-state index in [1.807, 2.05) is 0 Å². The lowest BCUT2D eigenvalue weighted by atomic mass is 9.63. The molecule has 0 aromatic heterocycles. The molecule has 0 aliphatic heterocycles. The van der Waals surface area contributed by atoms with Crippen LogP contribution in [0, 0.1) is 0 Å². The molecule has 7 heteroatoms. The fourth-order valence-electron chi connectivity index (χ4n) is 3.45. The smallest absolute Gasteiger partial charge is 0.188 e. The second-order valence-electron chi connectivity index (χ2n) is 6.56. The highest BCUT2D eigenvalue weighted by atomic mass is 35.5. The Morgan fingerprint density at radius 1 is 1.00 bits per heavy atom. The van der Waals surface area contributed by atoms with Gasteiger partial charge in [0.2, 0.25) is 0 Å². The van der Waals surface area contributed by atoms with Crippen molar-refractivity contribution < 1.29 is 22.8 Å². The Labute approximate surface area is 162 Å². The Kier molecular flexibility index (Phi) is 5.06. The fraction of sp³-hybridized carbons (Fsp3) is 0.250. The number of hydrogen-bond donors (Lipinski definition) is 0. The van der Waals surface area contributed by atoms with Crippen LogP contribution in [0.2, 0.25) is 5.02 Å². The Balaban J connectivity index is 2.28. The van der Waals surface area contributed by atoms with Crippen molar-refractivity contribution in [1.82, 2.24) is 0 Å². The van der Waals surface area contributed by atoms with E-state index >= 15 is 0 Å². The highest BCUT2D eigenvalue weighted by Crippen LogP contribution is 2.41. The van der Waals surface area contributed by atoms with Crippen molar-refractivity contribution in [3.05, 3.63) is 64.7 Å². The van der Waals surface area contributed by atoms with Crippen molar-refractivity contribution >= 4 is 38.8 Å². The van der Waals surface area contributed by atoms with Crippen molar-refractivity contribution in [3.63, 3.8) is 0 Å². The molecule has 0 amide bonds. The average Bonchev–Trinajstić information content (AvgIpc) is 2.62. The molecule has 1 saturated carbocycles. The predicted octanol–water partition coefficient (Wildman–Crippen LogP) is 3.19. The van der Waals surface area contributed by atoms with Gasteiger partial charge < -0.3 is 0 Å². The van der Waals surface area contributed by atoms with Crippen LogP contribution in [0.4, 0.5) is 0 Å². The largest absolute Gasteiger partial charge is 0.298 e. The number of halogens is 1. The summed E-state index contributed by atoms with van der Waals surface area (Å²) >= 11 is 6.30. The molecule has 0 atom stereocenters. The minimum Gasteiger partial charge on any atom is -0.298 e. The zero-order valence-corrected chi connectivity index (χ0v) is 16.1. The molecule has 27 heavy (non-hydrogen) atoms. The van der Waals surface area contributed by atoms with E-state index in [9.17, 15) is 22.8 Å². The summed E-state index contributed by atoms with van der Waals surface area (Å²) in [7, 11) is -3.53. The molecule has 0 spiro atoms. The molecule has 5 nitrogen and oxygen atoms in total. The summed E-state index contributed by atoms with van der Waals surface area (Å²) in [5, 5.41) is -0.0918. The van der Waals surface area contributed by atoms with Crippen LogP contribution in [-0.2, 0) is 24.8 Å². The number of sulfone groups is 1. The topological polar surface area (TPSA) is 85.3 Å². The number of benzene rings is 2. The van der Waals surface area contributed by atoms with Crippen molar-refractivity contribution in [2.24, 2.45) is 0 Å². The van der Waals surface area contributed by atoms with Gasteiger partial charge in [-0.1, -0.05) is 48.0 Å². The van der Waals surface area contributed by atoms with E-state index < -0.39 is 32.6 Å². The van der Waals surface area contributed by atoms with Crippen LogP contribution in [0.5, 0.6) is 0 Å². The van der Waals surface area contributed by atoms with Gasteiger partial charge in [0.05, 0.1) is 4.90 Å². The maximum Gasteiger partial charge on any atom is 0.188 e. The number of rotatable bonds is 4. The highest BCUT2D eigenvalue weighted by molar-refractivity contribution is 7.90. The molecule has 0 bridgehead atoms. The zero-order valence-electron chi connectivity index (χ0n) is 14.6. The molecule has 0 saturated heterocycles. The van der Waals surface area contributed by atoms with E-state index in [0.717, 1.165) is 6.26 Å². The zero-order chi connectivity index (χ0) is 19.8. The molecule has 3 rings (SSSR count). The molecule has 2 aromatic rings. The molecule has 0 radical (unpaired) electrons. The first-order valence-corrected chi connectivity index (χ1v) is 10.6. The van der Waals surface area contributed by atoms with E-state index in [2.05, 4.69) is 0 Å². The number of Topliss-reactive ketones (excluding diaryl/α,β-unsaturated/α-hetero) is 3. The Hall–Kier alpha value is -2.31. The minimum atomic E-state index is -3.53. The fourth-order valence-corrected chi connectivity index (χ4v) is 4.49. The summed E-state index contributed by atoms with van der Waals surface area (Å²) in [6.45, 7) is 0. The van der Waals surface area contributed by atoms with Crippen molar-refractivity contribution in [2.45, 2.75) is 29.6 Å². The lowest BCUT2D eigenvalue weighted by Gasteiger charge is -2.34. The van der Waals surface area contributed by atoms with Gasteiger partial charge in [0.15, 0.2) is 32.6 Å². The summed E-state index contributed by atoms with van der Waals surface area (Å²) in [5.41, 5.74) is -1.77. The second-order valence-corrected chi connectivity index (χ2v) is 8.98. The van der Waals surface area contributed by atoms with Crippen molar-refractivity contribution in [2.75, 3.05) is 6.26 Å². The Bertz CT molecular complexity index is 1030. The first kappa shape index (κ1) is 19.5. The number of ketones is 3. The Morgan fingerprint density at radius 2 is 1.59 bits per heavy atom. The summed E-state index contributed by atoms with van der Waals surface area (Å²) in [5.74, 6) is -1.66. The predicted molar refractivity (Wildman–Crippen MR) is 101 cm³/mol. The quantitative estimate of drug-likeness (QED) is 0.577. The van der Waals surface area contributed by atoms with Gasteiger partial charge in [0.25, 0.3) is 0 Å². The van der Waals surface area contributed by atoms with Crippen molar-refractivity contribution in [3.8, 4) is 0 Å². The standard InChI is InChI=1S/C20H17ClO5S/c1-27(25,26)14-10-11-15(16(21)12-14)20(17(22)8-5-9-18(20)23)19(24)13-6-3-2-4-7-13/h2-4,6-7,10-12H,5,8-9H2,1H3. The molecule has 1 aliphatic rings. The third-order valence-corrected chi connectivity index (χ3v) is 6.22. The molecular formula is C20H17ClO5S. The number of carbonyl (C=O) groups excluding carboxylic acids is 3. The number of hydrogen-bond acceptors (Lipinski definition) is 5. The van der Waals surface area contributed by atoms with Crippen LogP contribution in [0.3, 0.4) is 0 Å². The summed E-state index contributed by atoms with van der Waals surface area (Å²) in [6, 6.07) is 11.9. The van der Waals surface area contributed by atoms with Crippen LogP contribution < -0.4 is 0 Å². The van der Waals surface area contributed by atoms with Crippen LogP contribution in [0.1, 0.15) is 35.2 Å².